The van der Waals surface area contributed by atoms with Crippen molar-refractivity contribution in [3.8, 4) is 11.5 Å². The summed E-state index contributed by atoms with van der Waals surface area (Å²) in [6, 6.07) is 3.53. The van der Waals surface area contributed by atoms with E-state index in [-0.39, 0.29) is 17.9 Å². The number of phenols is 2. The van der Waals surface area contributed by atoms with Crippen molar-refractivity contribution in [2.24, 2.45) is 5.73 Å². The second-order valence-electron chi connectivity index (χ2n) is 5.17. The average Bonchev–Trinajstić information content (AvgIpc) is 2.21. The van der Waals surface area contributed by atoms with Crippen LogP contribution in [0.1, 0.15) is 26.3 Å². The minimum absolute atomic E-state index is 0.204. The molecule has 1 aromatic carbocycles. The molecule has 0 unspecified atom stereocenters. The topological polar surface area (TPSA) is 92.8 Å². The molecule has 0 aromatic heterocycles. The first-order valence-corrected chi connectivity index (χ1v) is 5.68. The fraction of sp³-hybridized carbons (Fsp3) is 0.462. The highest BCUT2D eigenvalue weighted by atomic mass is 16.6. The van der Waals surface area contributed by atoms with E-state index in [9.17, 15) is 9.90 Å². The molecule has 0 aliphatic rings. The van der Waals surface area contributed by atoms with Crippen molar-refractivity contribution in [1.29, 1.82) is 0 Å². The highest BCUT2D eigenvalue weighted by molar-refractivity contribution is 5.76. The van der Waals surface area contributed by atoms with Crippen LogP contribution in [0.25, 0.3) is 0 Å². The maximum atomic E-state index is 11.7. The van der Waals surface area contributed by atoms with E-state index in [0.29, 0.717) is 5.56 Å². The van der Waals surface area contributed by atoms with Gasteiger partial charge in [0, 0.05) is 0 Å². The first-order valence-electron chi connectivity index (χ1n) is 5.68. The highest BCUT2D eigenvalue weighted by Gasteiger charge is 2.22. The molecule has 5 heteroatoms. The summed E-state index contributed by atoms with van der Waals surface area (Å²) in [5.41, 5.74) is 5.80. The van der Waals surface area contributed by atoms with E-state index in [1.807, 2.05) is 0 Å². The first kappa shape index (κ1) is 14.3. The number of phenolic OH excluding ortho intramolecular Hbond substituents is 2. The number of benzene rings is 1. The molecule has 0 aliphatic heterocycles. The molecule has 18 heavy (non-hydrogen) atoms. The van der Waals surface area contributed by atoms with Crippen LogP contribution in [0, 0.1) is 0 Å². The lowest BCUT2D eigenvalue weighted by molar-refractivity contribution is -0.156. The van der Waals surface area contributed by atoms with E-state index in [0.717, 1.165) is 0 Å². The SMILES string of the molecule is CC(C)(C)OC(=O)[C@@H](N)Cc1ccc(O)c(O)c1. The van der Waals surface area contributed by atoms with Gasteiger partial charge in [-0.05, 0) is 44.9 Å². The van der Waals surface area contributed by atoms with Crippen LogP contribution in [0.15, 0.2) is 18.2 Å². The van der Waals surface area contributed by atoms with E-state index in [1.165, 1.54) is 12.1 Å². The fourth-order valence-corrected chi connectivity index (χ4v) is 1.41. The monoisotopic (exact) mass is 253 g/mol. The maximum absolute atomic E-state index is 11.7. The first-order chi connectivity index (χ1) is 8.19. The Labute approximate surface area is 106 Å². The zero-order chi connectivity index (χ0) is 13.9. The van der Waals surface area contributed by atoms with Crippen molar-refractivity contribution in [2.75, 3.05) is 0 Å². The molecule has 1 rings (SSSR count). The zero-order valence-electron chi connectivity index (χ0n) is 10.8. The fourth-order valence-electron chi connectivity index (χ4n) is 1.41. The molecule has 0 radical (unpaired) electrons. The van der Waals surface area contributed by atoms with E-state index in [4.69, 9.17) is 15.6 Å². The Morgan fingerprint density at radius 1 is 1.33 bits per heavy atom. The number of hydrogen-bond acceptors (Lipinski definition) is 5. The second kappa shape index (κ2) is 5.27. The molecule has 1 aromatic rings. The van der Waals surface area contributed by atoms with Crippen LogP contribution in [0.3, 0.4) is 0 Å². The smallest absolute Gasteiger partial charge is 0.323 e. The molecule has 0 spiro atoms. The predicted octanol–water partition coefficient (Wildman–Crippen LogP) is 1.31. The van der Waals surface area contributed by atoms with Crippen LogP contribution in [0.4, 0.5) is 0 Å². The van der Waals surface area contributed by atoms with E-state index >= 15 is 0 Å². The number of carbonyl (C=O) groups excluding carboxylic acids is 1. The summed E-state index contributed by atoms with van der Waals surface area (Å²) < 4.78 is 5.15. The van der Waals surface area contributed by atoms with E-state index in [1.54, 1.807) is 26.8 Å². The van der Waals surface area contributed by atoms with Crippen molar-refractivity contribution >= 4 is 5.97 Å². The minimum atomic E-state index is -0.798. The number of esters is 1. The molecular formula is C13H19NO4. The third-order valence-electron chi connectivity index (χ3n) is 2.20. The van der Waals surface area contributed by atoms with Gasteiger partial charge in [-0.2, -0.15) is 0 Å². The van der Waals surface area contributed by atoms with Crippen molar-refractivity contribution in [3.05, 3.63) is 23.8 Å². The van der Waals surface area contributed by atoms with Crippen molar-refractivity contribution < 1.29 is 19.7 Å². The van der Waals surface area contributed by atoms with Crippen LogP contribution in [0.2, 0.25) is 0 Å². The zero-order valence-corrected chi connectivity index (χ0v) is 10.8. The minimum Gasteiger partial charge on any atom is -0.504 e. The lowest BCUT2D eigenvalue weighted by Gasteiger charge is -2.22. The van der Waals surface area contributed by atoms with Crippen LogP contribution in [-0.4, -0.2) is 27.8 Å². The van der Waals surface area contributed by atoms with Crippen molar-refractivity contribution in [3.63, 3.8) is 0 Å². The molecule has 4 N–H and O–H groups in total. The number of rotatable bonds is 3. The maximum Gasteiger partial charge on any atom is 0.323 e. The van der Waals surface area contributed by atoms with Gasteiger partial charge in [0.2, 0.25) is 0 Å². The Morgan fingerprint density at radius 3 is 2.44 bits per heavy atom. The number of hydrogen-bond donors (Lipinski definition) is 3. The van der Waals surface area contributed by atoms with Gasteiger partial charge in [-0.15, -0.1) is 0 Å². The Kier molecular flexibility index (Phi) is 4.19. The molecule has 5 nitrogen and oxygen atoms in total. The quantitative estimate of drug-likeness (QED) is 0.558. The van der Waals surface area contributed by atoms with Crippen molar-refractivity contribution in [2.45, 2.75) is 38.8 Å². The van der Waals surface area contributed by atoms with Crippen LogP contribution in [-0.2, 0) is 16.0 Å². The second-order valence-corrected chi connectivity index (χ2v) is 5.17. The summed E-state index contributed by atoms with van der Waals surface area (Å²) in [5, 5.41) is 18.5. The molecule has 0 saturated carbocycles. The molecule has 0 amide bonds. The molecule has 1 atom stereocenters. The molecule has 0 fully saturated rings. The lowest BCUT2D eigenvalue weighted by Crippen LogP contribution is -2.38. The Balaban J connectivity index is 2.66. The molecule has 0 bridgehead atoms. The molecule has 0 aliphatic carbocycles. The van der Waals surface area contributed by atoms with Gasteiger partial charge in [-0.25, -0.2) is 0 Å². The standard InChI is InChI=1S/C13H19NO4/c1-13(2,3)18-12(17)9(14)6-8-4-5-10(15)11(16)7-8/h4-5,7,9,15-16H,6,14H2,1-3H3/t9-/m0/s1. The number of aromatic hydroxyl groups is 2. The van der Waals surface area contributed by atoms with Crippen LogP contribution >= 0.6 is 0 Å². The van der Waals surface area contributed by atoms with Gasteiger partial charge < -0.3 is 20.7 Å². The summed E-state index contributed by atoms with van der Waals surface area (Å²) in [7, 11) is 0. The van der Waals surface area contributed by atoms with E-state index in [2.05, 4.69) is 0 Å². The van der Waals surface area contributed by atoms with Crippen molar-refractivity contribution in [1.82, 2.24) is 0 Å². The predicted molar refractivity (Wildman–Crippen MR) is 67.3 cm³/mol. The Morgan fingerprint density at radius 2 is 1.94 bits per heavy atom. The molecular weight excluding hydrogens is 234 g/mol. The summed E-state index contributed by atoms with van der Waals surface area (Å²) in [5.74, 6) is -0.927. The number of carbonyl (C=O) groups is 1. The van der Waals surface area contributed by atoms with Gasteiger partial charge in [0.25, 0.3) is 0 Å². The third-order valence-corrected chi connectivity index (χ3v) is 2.20. The number of nitrogens with two attached hydrogens (primary N) is 1. The highest BCUT2D eigenvalue weighted by Crippen LogP contribution is 2.25. The normalized spacial score (nSPS) is 13.1. The number of ether oxygens (including phenoxy) is 1. The van der Waals surface area contributed by atoms with Gasteiger partial charge >= 0.3 is 5.97 Å². The van der Waals surface area contributed by atoms with Crippen LogP contribution in [0.5, 0.6) is 11.5 Å². The summed E-state index contributed by atoms with van der Waals surface area (Å²) in [4.78, 5) is 11.7. The summed E-state index contributed by atoms with van der Waals surface area (Å²) in [6.45, 7) is 5.30. The summed E-state index contributed by atoms with van der Waals surface area (Å²) >= 11 is 0. The Bertz CT molecular complexity index is 437. The lowest BCUT2D eigenvalue weighted by atomic mass is 10.1. The average molecular weight is 253 g/mol. The van der Waals surface area contributed by atoms with Gasteiger partial charge in [0.05, 0.1) is 0 Å². The molecule has 100 valence electrons. The van der Waals surface area contributed by atoms with Gasteiger partial charge in [0.15, 0.2) is 11.5 Å². The van der Waals surface area contributed by atoms with Gasteiger partial charge in [-0.3, -0.25) is 4.79 Å². The molecule has 0 heterocycles. The third kappa shape index (κ3) is 4.25. The van der Waals surface area contributed by atoms with Gasteiger partial charge in [0.1, 0.15) is 11.6 Å². The Hall–Kier alpha value is -1.75. The van der Waals surface area contributed by atoms with Crippen LogP contribution < -0.4 is 5.73 Å². The summed E-state index contributed by atoms with van der Waals surface area (Å²) in [6.07, 6.45) is 0.239. The largest absolute Gasteiger partial charge is 0.504 e. The van der Waals surface area contributed by atoms with Gasteiger partial charge in [-0.1, -0.05) is 6.07 Å². The molecule has 0 saturated heterocycles. The van der Waals surface area contributed by atoms with E-state index < -0.39 is 17.6 Å².